The number of hydrogen-bond acceptors (Lipinski definition) is 2. The first-order chi connectivity index (χ1) is 8.56. The summed E-state index contributed by atoms with van der Waals surface area (Å²) in [5.41, 5.74) is 0. The number of likely N-dealkylation sites (tertiary alicyclic amines) is 1. The largest absolute Gasteiger partial charge is 0.396 e. The average Bonchev–Trinajstić information content (AvgIpc) is 2.32. The quantitative estimate of drug-likeness (QED) is 0.592. The summed E-state index contributed by atoms with van der Waals surface area (Å²) in [5.74, 6) is 2.70. The van der Waals surface area contributed by atoms with Crippen molar-refractivity contribution in [3.05, 3.63) is 0 Å². The van der Waals surface area contributed by atoms with Crippen molar-refractivity contribution >= 4 is 5.96 Å². The van der Waals surface area contributed by atoms with Crippen molar-refractivity contribution in [1.82, 2.24) is 10.2 Å². The van der Waals surface area contributed by atoms with Gasteiger partial charge in [0.1, 0.15) is 0 Å². The van der Waals surface area contributed by atoms with Crippen LogP contribution < -0.4 is 5.32 Å². The predicted octanol–water partition coefficient (Wildman–Crippen LogP) is 1.56. The molecule has 0 aromatic carbocycles. The number of nitrogens with zero attached hydrogens (tertiary/aromatic N) is 2. The number of aliphatic hydroxyl groups is 1. The Bertz CT molecular complexity index is 258. The highest BCUT2D eigenvalue weighted by molar-refractivity contribution is 5.80. The van der Waals surface area contributed by atoms with E-state index >= 15 is 0 Å². The van der Waals surface area contributed by atoms with Crippen LogP contribution in [0.3, 0.4) is 0 Å². The molecule has 0 amide bonds. The Labute approximate surface area is 111 Å². The molecule has 0 aromatic heterocycles. The second kappa shape index (κ2) is 7.62. The lowest BCUT2D eigenvalue weighted by Crippen LogP contribution is -2.48. The monoisotopic (exact) mass is 255 g/mol. The highest BCUT2D eigenvalue weighted by Gasteiger charge is 2.23. The Balaban J connectivity index is 2.64. The van der Waals surface area contributed by atoms with Crippen LogP contribution in [0.2, 0.25) is 0 Å². The first-order valence-electron chi connectivity index (χ1n) is 7.20. The molecule has 3 unspecified atom stereocenters. The predicted molar refractivity (Wildman–Crippen MR) is 76.7 cm³/mol. The molecule has 3 atom stereocenters. The van der Waals surface area contributed by atoms with E-state index in [4.69, 9.17) is 5.11 Å². The second-order valence-corrected chi connectivity index (χ2v) is 5.83. The Morgan fingerprint density at radius 2 is 2.00 bits per heavy atom. The Morgan fingerprint density at radius 3 is 2.50 bits per heavy atom. The summed E-state index contributed by atoms with van der Waals surface area (Å²) in [5, 5.41) is 12.4. The molecule has 0 spiro atoms. The van der Waals surface area contributed by atoms with E-state index < -0.39 is 0 Å². The van der Waals surface area contributed by atoms with Gasteiger partial charge in [-0.3, -0.25) is 4.99 Å². The van der Waals surface area contributed by atoms with Gasteiger partial charge in [-0.1, -0.05) is 20.8 Å². The maximum Gasteiger partial charge on any atom is 0.193 e. The minimum Gasteiger partial charge on any atom is -0.396 e. The van der Waals surface area contributed by atoms with Crippen molar-refractivity contribution in [1.29, 1.82) is 0 Å². The minimum atomic E-state index is 0.204. The highest BCUT2D eigenvalue weighted by atomic mass is 16.3. The molecule has 1 aliphatic heterocycles. The molecule has 0 bridgehead atoms. The molecule has 1 rings (SSSR count). The van der Waals surface area contributed by atoms with Crippen molar-refractivity contribution < 1.29 is 5.11 Å². The fourth-order valence-electron chi connectivity index (χ4n) is 2.56. The normalized spacial score (nSPS) is 27.2. The third kappa shape index (κ3) is 4.84. The molecule has 1 heterocycles. The van der Waals surface area contributed by atoms with Gasteiger partial charge < -0.3 is 15.3 Å². The van der Waals surface area contributed by atoms with Crippen LogP contribution >= 0.6 is 0 Å². The molecule has 4 nitrogen and oxygen atoms in total. The Kier molecular flexibility index (Phi) is 6.47. The van der Waals surface area contributed by atoms with Crippen LogP contribution in [0.25, 0.3) is 0 Å². The maximum absolute atomic E-state index is 9.07. The number of nitrogens with one attached hydrogen (secondary N) is 1. The van der Waals surface area contributed by atoms with E-state index in [2.05, 4.69) is 36.0 Å². The Morgan fingerprint density at radius 1 is 1.39 bits per heavy atom. The van der Waals surface area contributed by atoms with Gasteiger partial charge in [0.15, 0.2) is 5.96 Å². The number of rotatable bonds is 4. The van der Waals surface area contributed by atoms with Gasteiger partial charge in [-0.25, -0.2) is 0 Å². The van der Waals surface area contributed by atoms with Crippen molar-refractivity contribution in [3.8, 4) is 0 Å². The lowest BCUT2D eigenvalue weighted by molar-refractivity contribution is 0.207. The second-order valence-electron chi connectivity index (χ2n) is 5.83. The molecule has 0 aliphatic carbocycles. The average molecular weight is 255 g/mol. The maximum atomic E-state index is 9.07. The number of hydrogen-bond donors (Lipinski definition) is 2. The summed E-state index contributed by atoms with van der Waals surface area (Å²) in [7, 11) is 0. The molecule has 1 aliphatic rings. The van der Waals surface area contributed by atoms with E-state index in [0.717, 1.165) is 37.4 Å². The van der Waals surface area contributed by atoms with Gasteiger partial charge in [0, 0.05) is 32.8 Å². The third-order valence-corrected chi connectivity index (χ3v) is 3.37. The van der Waals surface area contributed by atoms with Crippen LogP contribution in [0.5, 0.6) is 0 Å². The molecule has 106 valence electrons. The fourth-order valence-corrected chi connectivity index (χ4v) is 2.56. The number of guanidine groups is 1. The van der Waals surface area contributed by atoms with Crippen LogP contribution in [-0.4, -0.2) is 48.8 Å². The van der Waals surface area contributed by atoms with Crippen molar-refractivity contribution in [2.75, 3.05) is 32.8 Å². The summed E-state index contributed by atoms with van der Waals surface area (Å²) < 4.78 is 0. The van der Waals surface area contributed by atoms with Crippen molar-refractivity contribution in [3.63, 3.8) is 0 Å². The number of aliphatic imine (C=N–C) groups is 1. The lowest BCUT2D eigenvalue weighted by Gasteiger charge is -2.37. The van der Waals surface area contributed by atoms with Crippen molar-refractivity contribution in [2.45, 2.75) is 34.1 Å². The third-order valence-electron chi connectivity index (χ3n) is 3.37. The molecular weight excluding hydrogens is 226 g/mol. The topological polar surface area (TPSA) is 47.9 Å². The van der Waals surface area contributed by atoms with E-state index in [9.17, 15) is 0 Å². The molecule has 2 N–H and O–H groups in total. The van der Waals surface area contributed by atoms with Gasteiger partial charge in [0.25, 0.3) is 0 Å². The zero-order valence-corrected chi connectivity index (χ0v) is 12.3. The van der Waals surface area contributed by atoms with Crippen molar-refractivity contribution in [2.24, 2.45) is 22.7 Å². The number of piperidine rings is 1. The van der Waals surface area contributed by atoms with E-state index in [-0.39, 0.29) is 12.5 Å². The molecule has 1 fully saturated rings. The summed E-state index contributed by atoms with van der Waals surface area (Å²) in [4.78, 5) is 7.02. The molecular formula is C14H29N3O. The summed E-state index contributed by atoms with van der Waals surface area (Å²) in [6, 6.07) is 0. The zero-order valence-electron chi connectivity index (χ0n) is 12.3. The first kappa shape index (κ1) is 15.3. The van der Waals surface area contributed by atoms with E-state index in [1.807, 2.05) is 6.92 Å². The van der Waals surface area contributed by atoms with Gasteiger partial charge in [0.05, 0.1) is 0 Å². The highest BCUT2D eigenvalue weighted by Crippen LogP contribution is 2.20. The van der Waals surface area contributed by atoms with Crippen LogP contribution in [0.4, 0.5) is 0 Å². The summed E-state index contributed by atoms with van der Waals surface area (Å²) >= 11 is 0. The van der Waals surface area contributed by atoms with Crippen LogP contribution in [0.1, 0.15) is 34.1 Å². The van der Waals surface area contributed by atoms with Gasteiger partial charge in [-0.15, -0.1) is 0 Å². The van der Waals surface area contributed by atoms with Crippen LogP contribution in [0.15, 0.2) is 4.99 Å². The molecule has 0 aromatic rings. The molecule has 4 heteroatoms. The van der Waals surface area contributed by atoms with Gasteiger partial charge in [-0.2, -0.15) is 0 Å². The molecule has 0 radical (unpaired) electrons. The van der Waals surface area contributed by atoms with E-state index in [0.29, 0.717) is 6.54 Å². The lowest BCUT2D eigenvalue weighted by atomic mass is 9.92. The zero-order chi connectivity index (χ0) is 13.5. The molecule has 0 saturated carbocycles. The number of aliphatic hydroxyl groups excluding tert-OH is 1. The van der Waals surface area contributed by atoms with Crippen LogP contribution in [0, 0.1) is 17.8 Å². The van der Waals surface area contributed by atoms with Gasteiger partial charge >= 0.3 is 0 Å². The first-order valence-corrected chi connectivity index (χ1v) is 7.20. The standard InChI is InChI=1S/C14H29N3O/c1-5-15-14(16-7-13(4)10-18)17-8-11(2)6-12(3)9-17/h11-13,18H,5-10H2,1-4H3,(H,15,16). The van der Waals surface area contributed by atoms with E-state index in [1.165, 1.54) is 6.42 Å². The fraction of sp³-hybridized carbons (Fsp3) is 0.929. The Hall–Kier alpha value is -0.770. The molecule has 1 saturated heterocycles. The smallest absolute Gasteiger partial charge is 0.193 e. The van der Waals surface area contributed by atoms with Crippen LogP contribution in [-0.2, 0) is 0 Å². The molecule has 18 heavy (non-hydrogen) atoms. The van der Waals surface area contributed by atoms with Gasteiger partial charge in [0.2, 0.25) is 0 Å². The SMILES string of the molecule is CCNC(=NCC(C)CO)N1CC(C)CC(C)C1. The van der Waals surface area contributed by atoms with Gasteiger partial charge in [-0.05, 0) is 31.1 Å². The summed E-state index contributed by atoms with van der Waals surface area (Å²) in [6.07, 6.45) is 1.31. The summed E-state index contributed by atoms with van der Waals surface area (Å²) in [6.45, 7) is 12.7. The minimum absolute atomic E-state index is 0.204. The van der Waals surface area contributed by atoms with E-state index in [1.54, 1.807) is 0 Å².